The van der Waals surface area contributed by atoms with Gasteiger partial charge in [-0.15, -0.1) is 0 Å². The highest BCUT2D eigenvalue weighted by Crippen LogP contribution is 2.35. The molecule has 1 aromatic heterocycles. The highest BCUT2D eigenvalue weighted by atomic mass is 32.2. The molecule has 1 N–H and O–H groups in total. The number of hydrogen-bond acceptors (Lipinski definition) is 8. The summed E-state index contributed by atoms with van der Waals surface area (Å²) in [5.74, 6) is 1.70. The van der Waals surface area contributed by atoms with Gasteiger partial charge in [-0.25, -0.2) is 0 Å². The van der Waals surface area contributed by atoms with Crippen molar-refractivity contribution in [3.8, 4) is 28.6 Å². The minimum Gasteiger partial charge on any atom is -0.493 e. The van der Waals surface area contributed by atoms with Crippen molar-refractivity contribution in [2.24, 2.45) is 0 Å². The summed E-state index contributed by atoms with van der Waals surface area (Å²) < 4.78 is 24.7. The summed E-state index contributed by atoms with van der Waals surface area (Å²) in [6.07, 6.45) is 2.33. The van der Waals surface area contributed by atoms with E-state index in [-0.39, 0.29) is 16.6 Å². The quantitative estimate of drug-likeness (QED) is 0.128. The van der Waals surface area contributed by atoms with Crippen LogP contribution in [0.3, 0.4) is 0 Å². The maximum absolute atomic E-state index is 13.2. The average molecular weight is 682 g/mol. The van der Waals surface area contributed by atoms with E-state index in [1.165, 1.54) is 6.07 Å². The molecular weight excluding hydrogens is 651 g/mol. The summed E-state index contributed by atoms with van der Waals surface area (Å²) >= 11 is 0.892. The normalized spacial score (nSPS) is 13.4. The molecule has 2 amide bonds. The molecule has 5 aromatic carbocycles. The van der Waals surface area contributed by atoms with Crippen LogP contribution in [0.25, 0.3) is 28.4 Å². The standard InChI is InChI=1S/C41H31NO7S/c43-34-24-36(31-15-18-35(47-25-29-7-3-1-4-8-29)38(22-31)48-26-30-9-5-2-6-10-30)49-37-23-32(16-17-33(34)37)46-20-19-27-11-13-28(14-12-27)21-39-40(44)42-41(45)50-39/h1-18,21-24H,19-20,25-26H2,(H,42,44,45)/b39-21+. The van der Waals surface area contributed by atoms with Gasteiger partial charge in [0.15, 0.2) is 16.9 Å². The molecule has 0 bridgehead atoms. The van der Waals surface area contributed by atoms with Crippen LogP contribution in [0.5, 0.6) is 17.2 Å². The lowest BCUT2D eigenvalue weighted by Crippen LogP contribution is -2.17. The Morgan fingerprint density at radius 2 is 1.36 bits per heavy atom. The first kappa shape index (κ1) is 32.5. The van der Waals surface area contributed by atoms with Crippen molar-refractivity contribution in [1.82, 2.24) is 5.32 Å². The van der Waals surface area contributed by atoms with E-state index >= 15 is 0 Å². The Balaban J connectivity index is 1.06. The highest BCUT2D eigenvalue weighted by molar-refractivity contribution is 8.18. The number of ether oxygens (including phenoxy) is 3. The number of rotatable bonds is 12. The molecule has 0 spiro atoms. The smallest absolute Gasteiger partial charge is 0.290 e. The number of fused-ring (bicyclic) bond motifs is 1. The fourth-order valence-corrected chi connectivity index (χ4v) is 6.05. The second kappa shape index (κ2) is 15.0. The molecule has 1 aliphatic heterocycles. The number of thioether (sulfide) groups is 1. The summed E-state index contributed by atoms with van der Waals surface area (Å²) in [5.41, 5.74) is 4.82. The Labute approximate surface area is 292 Å². The molecule has 7 rings (SSSR count). The molecule has 0 atom stereocenters. The van der Waals surface area contributed by atoms with E-state index in [0.717, 1.165) is 34.0 Å². The zero-order chi connectivity index (χ0) is 34.3. The van der Waals surface area contributed by atoms with Gasteiger partial charge in [0.05, 0.1) is 16.9 Å². The van der Waals surface area contributed by atoms with Crippen molar-refractivity contribution in [2.75, 3.05) is 6.61 Å². The Kier molecular flexibility index (Phi) is 9.75. The van der Waals surface area contributed by atoms with Gasteiger partial charge in [-0.2, -0.15) is 0 Å². The Bertz CT molecular complexity index is 2250. The van der Waals surface area contributed by atoms with E-state index in [1.54, 1.807) is 24.3 Å². The molecular formula is C41H31NO7S. The maximum atomic E-state index is 13.2. The van der Waals surface area contributed by atoms with E-state index in [1.807, 2.05) is 103 Å². The highest BCUT2D eigenvalue weighted by Gasteiger charge is 2.24. The van der Waals surface area contributed by atoms with E-state index in [2.05, 4.69) is 5.32 Å². The van der Waals surface area contributed by atoms with Crippen molar-refractivity contribution >= 4 is 40.0 Å². The largest absolute Gasteiger partial charge is 0.493 e. The molecule has 1 fully saturated rings. The van der Waals surface area contributed by atoms with E-state index in [9.17, 15) is 14.4 Å². The fourth-order valence-electron chi connectivity index (χ4n) is 5.37. The Morgan fingerprint density at radius 3 is 2.04 bits per heavy atom. The van der Waals surface area contributed by atoms with Gasteiger partial charge in [-0.1, -0.05) is 84.9 Å². The molecule has 0 saturated carbocycles. The first-order chi connectivity index (χ1) is 24.5. The van der Waals surface area contributed by atoms with Crippen LogP contribution in [0.4, 0.5) is 4.79 Å². The van der Waals surface area contributed by atoms with Crippen LogP contribution in [0.1, 0.15) is 22.3 Å². The fraction of sp³-hybridized carbons (Fsp3) is 0.0976. The van der Waals surface area contributed by atoms with Crippen molar-refractivity contribution in [3.05, 3.63) is 165 Å². The van der Waals surface area contributed by atoms with Crippen molar-refractivity contribution in [1.29, 1.82) is 0 Å². The molecule has 6 aromatic rings. The summed E-state index contributed by atoms with van der Waals surface area (Å²) in [4.78, 5) is 36.8. The minimum atomic E-state index is -0.379. The van der Waals surface area contributed by atoms with Gasteiger partial charge in [0, 0.05) is 24.1 Å². The van der Waals surface area contributed by atoms with E-state index < -0.39 is 0 Å². The molecule has 248 valence electrons. The monoisotopic (exact) mass is 681 g/mol. The lowest BCUT2D eigenvalue weighted by Gasteiger charge is -2.15. The molecule has 0 radical (unpaired) electrons. The SMILES string of the molecule is O=C1NC(=O)/C(=C\c2ccc(CCOc3ccc4c(=O)cc(-c5ccc(OCc6ccccc6)c(OCc6ccccc6)c5)oc4c3)cc2)S1. The second-order valence-corrected chi connectivity index (χ2v) is 12.5. The lowest BCUT2D eigenvalue weighted by molar-refractivity contribution is -0.115. The number of nitrogens with one attached hydrogen (secondary N) is 1. The first-order valence-electron chi connectivity index (χ1n) is 16.0. The van der Waals surface area contributed by atoms with Gasteiger partial charge < -0.3 is 18.6 Å². The summed E-state index contributed by atoms with van der Waals surface area (Å²) in [7, 11) is 0. The molecule has 1 aliphatic rings. The first-order valence-corrected chi connectivity index (χ1v) is 16.8. The van der Waals surface area contributed by atoms with Gasteiger partial charge in [0.2, 0.25) is 0 Å². The van der Waals surface area contributed by atoms with Crippen LogP contribution in [-0.2, 0) is 24.4 Å². The van der Waals surface area contributed by atoms with Crippen molar-refractivity contribution in [2.45, 2.75) is 19.6 Å². The lowest BCUT2D eigenvalue weighted by atomic mass is 10.1. The van der Waals surface area contributed by atoms with Gasteiger partial charge in [0.25, 0.3) is 11.1 Å². The Hall–Kier alpha value is -6.06. The van der Waals surface area contributed by atoms with Crippen LogP contribution < -0.4 is 25.0 Å². The second-order valence-electron chi connectivity index (χ2n) is 11.5. The third-order valence-electron chi connectivity index (χ3n) is 7.98. The third kappa shape index (κ3) is 7.97. The molecule has 0 unspecified atom stereocenters. The van der Waals surface area contributed by atoms with Gasteiger partial charge in [-0.3, -0.25) is 19.7 Å². The number of imide groups is 1. The molecule has 0 aliphatic carbocycles. The van der Waals surface area contributed by atoms with Crippen LogP contribution in [0.15, 0.2) is 142 Å². The number of carbonyl (C=O) groups excluding carboxylic acids is 2. The summed E-state index contributed by atoms with van der Waals surface area (Å²) in [5, 5.41) is 2.34. The zero-order valence-corrected chi connectivity index (χ0v) is 27.6. The predicted octanol–water partition coefficient (Wildman–Crippen LogP) is 8.56. The molecule has 2 heterocycles. The number of amides is 2. The van der Waals surface area contributed by atoms with Crippen LogP contribution in [0.2, 0.25) is 0 Å². The maximum Gasteiger partial charge on any atom is 0.290 e. The molecule has 50 heavy (non-hydrogen) atoms. The van der Waals surface area contributed by atoms with Crippen LogP contribution in [0, 0.1) is 0 Å². The van der Waals surface area contributed by atoms with E-state index in [4.69, 9.17) is 18.6 Å². The topological polar surface area (TPSA) is 104 Å². The van der Waals surface area contributed by atoms with Crippen molar-refractivity contribution in [3.63, 3.8) is 0 Å². The van der Waals surface area contributed by atoms with Gasteiger partial charge in [-0.05, 0) is 70.4 Å². The van der Waals surface area contributed by atoms with Crippen LogP contribution in [-0.4, -0.2) is 17.8 Å². The summed E-state index contributed by atoms with van der Waals surface area (Å²) in [6, 6.07) is 39.7. The zero-order valence-electron chi connectivity index (χ0n) is 26.8. The Morgan fingerprint density at radius 1 is 0.660 bits per heavy atom. The minimum absolute atomic E-state index is 0.170. The molecule has 8 nitrogen and oxygen atoms in total. The van der Waals surface area contributed by atoms with Gasteiger partial charge >= 0.3 is 0 Å². The number of carbonyl (C=O) groups is 2. The number of benzene rings is 5. The number of hydrogen-bond donors (Lipinski definition) is 1. The average Bonchev–Trinajstić information content (AvgIpc) is 3.46. The van der Waals surface area contributed by atoms with E-state index in [0.29, 0.717) is 70.7 Å². The summed E-state index contributed by atoms with van der Waals surface area (Å²) in [6.45, 7) is 1.12. The van der Waals surface area contributed by atoms with Crippen LogP contribution >= 0.6 is 11.8 Å². The molecule has 9 heteroatoms. The third-order valence-corrected chi connectivity index (χ3v) is 8.79. The molecule has 1 saturated heterocycles. The predicted molar refractivity (Wildman–Crippen MR) is 194 cm³/mol. The van der Waals surface area contributed by atoms with Gasteiger partial charge in [0.1, 0.15) is 30.3 Å². The van der Waals surface area contributed by atoms with Crippen molar-refractivity contribution < 1.29 is 28.2 Å².